The number of nitro benzene ring substituents is 1. The summed E-state index contributed by atoms with van der Waals surface area (Å²) in [6.45, 7) is 0.151. The predicted octanol–water partition coefficient (Wildman–Crippen LogP) is 5.93. The van der Waals surface area contributed by atoms with Crippen LogP contribution >= 0.6 is 43.6 Å². The number of rotatable bonds is 6. The Labute approximate surface area is 214 Å². The molecule has 1 amide bonds. The number of benzene rings is 2. The van der Waals surface area contributed by atoms with E-state index in [9.17, 15) is 20.0 Å². The Bertz CT molecular complexity index is 1340. The van der Waals surface area contributed by atoms with Crippen LogP contribution in [-0.2, 0) is 11.3 Å². The maximum Gasteiger partial charge on any atom is 0.269 e. The summed E-state index contributed by atoms with van der Waals surface area (Å²) in [5, 5.41) is 29.7. The Morgan fingerprint density at radius 1 is 1.21 bits per heavy atom. The molecule has 34 heavy (non-hydrogen) atoms. The Morgan fingerprint density at radius 3 is 2.65 bits per heavy atom. The number of non-ortho nitro benzene ring substituents is 1. The number of phenols is 1. The second-order valence-electron chi connectivity index (χ2n) is 6.88. The average molecular weight is 606 g/mol. The van der Waals surface area contributed by atoms with Gasteiger partial charge in [-0.3, -0.25) is 19.8 Å². The number of furan rings is 1. The lowest BCUT2D eigenvalue weighted by molar-refractivity contribution is -0.384. The van der Waals surface area contributed by atoms with Crippen molar-refractivity contribution in [1.29, 1.82) is 0 Å². The van der Waals surface area contributed by atoms with Crippen molar-refractivity contribution < 1.29 is 19.2 Å². The summed E-state index contributed by atoms with van der Waals surface area (Å²) in [5.41, 5.74) is 1.03. The van der Waals surface area contributed by atoms with E-state index in [-0.39, 0.29) is 23.9 Å². The fraction of sp³-hybridized carbons (Fsp3) is 0.0455. The smallest absolute Gasteiger partial charge is 0.269 e. The van der Waals surface area contributed by atoms with Crippen molar-refractivity contribution in [3.05, 3.63) is 95.6 Å². The Balaban J connectivity index is 1.64. The number of hydrogen-bond donors (Lipinski definition) is 1. The minimum absolute atomic E-state index is 0.00787. The third kappa shape index (κ3) is 5.46. The number of amides is 1. The number of carbonyl (C=O) groups excluding carboxylic acids is 1. The van der Waals surface area contributed by atoms with E-state index < -0.39 is 4.92 Å². The van der Waals surface area contributed by atoms with Crippen LogP contribution in [0.15, 0.2) is 83.3 Å². The number of nitrogens with zero attached hydrogens (tertiary/aromatic N) is 4. The topological polar surface area (TPSA) is 122 Å². The van der Waals surface area contributed by atoms with Gasteiger partial charge in [-0.25, -0.2) is 0 Å². The van der Waals surface area contributed by atoms with Crippen molar-refractivity contribution >= 4 is 72.7 Å². The van der Waals surface area contributed by atoms with Gasteiger partial charge in [0.15, 0.2) is 5.17 Å². The molecule has 0 saturated carbocycles. The highest BCUT2D eigenvalue weighted by Gasteiger charge is 2.34. The Kier molecular flexibility index (Phi) is 7.29. The number of carbonyl (C=O) groups is 1. The van der Waals surface area contributed by atoms with Crippen molar-refractivity contribution in [3.63, 3.8) is 0 Å². The second-order valence-corrected chi connectivity index (χ2v) is 9.66. The summed E-state index contributed by atoms with van der Waals surface area (Å²) in [6, 6.07) is 12.7. The van der Waals surface area contributed by atoms with Gasteiger partial charge < -0.3 is 9.52 Å². The molecular formula is C22H14Br2N4O5S. The number of amidine groups is 1. The number of halogens is 2. The zero-order valence-corrected chi connectivity index (χ0v) is 21.1. The number of phenolic OH excluding ortho intramolecular Hbond substituents is 1. The van der Waals surface area contributed by atoms with Gasteiger partial charge in [-0.15, -0.1) is 5.10 Å². The van der Waals surface area contributed by atoms with Crippen LogP contribution in [0.3, 0.4) is 0 Å². The summed E-state index contributed by atoms with van der Waals surface area (Å²) in [5.74, 6) is 0.269. The second kappa shape index (κ2) is 10.4. The summed E-state index contributed by atoms with van der Waals surface area (Å²) in [7, 11) is 0. The molecule has 1 aromatic heterocycles. The Morgan fingerprint density at radius 2 is 1.97 bits per heavy atom. The first kappa shape index (κ1) is 23.9. The van der Waals surface area contributed by atoms with Gasteiger partial charge >= 0.3 is 0 Å². The van der Waals surface area contributed by atoms with Crippen LogP contribution in [0.4, 0.5) is 5.69 Å². The lowest BCUT2D eigenvalue weighted by Gasteiger charge is -2.12. The molecule has 1 N–H and O–H groups in total. The largest absolute Gasteiger partial charge is 0.506 e. The quantitative estimate of drug-likeness (QED) is 0.161. The molecule has 0 unspecified atom stereocenters. The van der Waals surface area contributed by atoms with Gasteiger partial charge in [-0.1, -0.05) is 15.9 Å². The van der Waals surface area contributed by atoms with E-state index in [1.165, 1.54) is 29.5 Å². The van der Waals surface area contributed by atoms with E-state index in [0.717, 1.165) is 16.2 Å². The highest BCUT2D eigenvalue weighted by molar-refractivity contribution is 9.11. The van der Waals surface area contributed by atoms with Crippen LogP contribution in [0, 0.1) is 10.1 Å². The fourth-order valence-corrected chi connectivity index (χ4v) is 5.14. The molecule has 2 heterocycles. The Hall–Kier alpha value is -3.22. The molecule has 0 atom stereocenters. The zero-order valence-electron chi connectivity index (χ0n) is 17.1. The molecule has 1 saturated heterocycles. The van der Waals surface area contributed by atoms with E-state index in [0.29, 0.717) is 31.4 Å². The van der Waals surface area contributed by atoms with Gasteiger partial charge in [-0.2, -0.15) is 5.10 Å². The van der Waals surface area contributed by atoms with Crippen molar-refractivity contribution in [1.82, 2.24) is 4.90 Å². The molecule has 9 nitrogen and oxygen atoms in total. The average Bonchev–Trinajstić information content (AvgIpc) is 3.41. The third-order valence-corrected chi connectivity index (χ3v) is 6.64. The number of thioether (sulfide) groups is 1. The van der Waals surface area contributed by atoms with Crippen molar-refractivity contribution in [3.8, 4) is 5.75 Å². The van der Waals surface area contributed by atoms with Gasteiger partial charge in [0.05, 0.1) is 33.3 Å². The van der Waals surface area contributed by atoms with Crippen LogP contribution in [0.5, 0.6) is 5.75 Å². The van der Waals surface area contributed by atoms with Crippen molar-refractivity contribution in [2.24, 2.45) is 10.2 Å². The molecule has 2 aromatic carbocycles. The van der Waals surface area contributed by atoms with Crippen LogP contribution in [-0.4, -0.2) is 32.2 Å². The highest BCUT2D eigenvalue weighted by Crippen LogP contribution is 2.34. The molecule has 1 aliphatic rings. The van der Waals surface area contributed by atoms with Gasteiger partial charge in [0.25, 0.3) is 11.6 Å². The molecule has 0 spiro atoms. The molecule has 0 bridgehead atoms. The van der Waals surface area contributed by atoms with Crippen LogP contribution in [0.2, 0.25) is 0 Å². The summed E-state index contributed by atoms with van der Waals surface area (Å²) < 4.78 is 6.61. The van der Waals surface area contributed by atoms with Gasteiger partial charge in [0.2, 0.25) is 0 Å². The number of hydrogen-bond acceptors (Lipinski definition) is 8. The standard InChI is InChI=1S/C22H14Br2N4O5S/c23-15-9-14(20(29)18(24)10-15)11-25-26-22-27(12-17-2-1-7-33-17)21(30)19(34-22)8-13-3-5-16(6-4-13)28(31)32/h1-11,29H,12H2/b19-8-,25-11-,26-22+. The lowest BCUT2D eigenvalue weighted by atomic mass is 10.2. The normalized spacial score (nSPS) is 16.3. The third-order valence-electron chi connectivity index (χ3n) is 4.58. The highest BCUT2D eigenvalue weighted by atomic mass is 79.9. The SMILES string of the molecule is O=C1/C(=C/c2ccc([N+](=O)[O-])cc2)S/C(=N/N=C\c2cc(Br)cc(Br)c2O)N1Cc1ccco1. The van der Waals surface area contributed by atoms with Crippen molar-refractivity contribution in [2.45, 2.75) is 6.54 Å². The summed E-state index contributed by atoms with van der Waals surface area (Å²) in [6.07, 6.45) is 4.53. The zero-order chi connectivity index (χ0) is 24.2. The van der Waals surface area contributed by atoms with Crippen LogP contribution in [0.1, 0.15) is 16.9 Å². The van der Waals surface area contributed by atoms with Crippen molar-refractivity contribution in [2.75, 3.05) is 0 Å². The molecule has 1 aliphatic heterocycles. The minimum Gasteiger partial charge on any atom is -0.506 e. The summed E-state index contributed by atoms with van der Waals surface area (Å²) >= 11 is 7.74. The maximum atomic E-state index is 13.1. The van der Waals surface area contributed by atoms with E-state index in [4.69, 9.17) is 4.42 Å². The van der Waals surface area contributed by atoms with Crippen LogP contribution < -0.4 is 0 Å². The molecular weight excluding hydrogens is 592 g/mol. The molecule has 172 valence electrons. The fourth-order valence-electron chi connectivity index (χ4n) is 2.95. The summed E-state index contributed by atoms with van der Waals surface area (Å²) in [4.78, 5) is 25.3. The number of aromatic hydroxyl groups is 1. The molecule has 3 aromatic rings. The first-order valence-corrected chi connectivity index (χ1v) is 12.0. The van der Waals surface area contributed by atoms with E-state index in [1.807, 2.05) is 0 Å². The van der Waals surface area contributed by atoms with Crippen LogP contribution in [0.25, 0.3) is 6.08 Å². The predicted molar refractivity (Wildman–Crippen MR) is 136 cm³/mol. The molecule has 12 heteroatoms. The van der Waals surface area contributed by atoms with E-state index >= 15 is 0 Å². The first-order valence-electron chi connectivity index (χ1n) is 9.59. The van der Waals surface area contributed by atoms with Gasteiger partial charge in [0.1, 0.15) is 11.5 Å². The minimum atomic E-state index is -0.484. The number of nitro groups is 1. The molecule has 4 rings (SSSR count). The maximum absolute atomic E-state index is 13.1. The molecule has 0 aliphatic carbocycles. The first-order chi connectivity index (χ1) is 16.3. The van der Waals surface area contributed by atoms with Gasteiger partial charge in [-0.05, 0) is 75.7 Å². The monoisotopic (exact) mass is 604 g/mol. The van der Waals surface area contributed by atoms with E-state index in [1.54, 1.807) is 42.5 Å². The van der Waals surface area contributed by atoms with E-state index in [2.05, 4.69) is 42.1 Å². The molecule has 1 fully saturated rings. The molecule has 0 radical (unpaired) electrons. The van der Waals surface area contributed by atoms with Gasteiger partial charge in [0, 0.05) is 22.2 Å². The lowest BCUT2D eigenvalue weighted by Crippen LogP contribution is -2.28.